The summed E-state index contributed by atoms with van der Waals surface area (Å²) in [5.41, 5.74) is 4.93. The molecule has 3 aromatic rings. The minimum absolute atomic E-state index is 0.105. The molecule has 140 valence electrons. The van der Waals surface area contributed by atoms with Crippen molar-refractivity contribution in [1.29, 1.82) is 0 Å². The molecule has 1 aromatic carbocycles. The fraction of sp³-hybridized carbons (Fsp3) is 0.409. The van der Waals surface area contributed by atoms with Crippen LogP contribution in [0.4, 0.5) is 0 Å². The van der Waals surface area contributed by atoms with Crippen LogP contribution in [0.3, 0.4) is 0 Å². The van der Waals surface area contributed by atoms with Gasteiger partial charge in [-0.15, -0.1) is 0 Å². The molecular formula is C22H26N4O. The zero-order valence-electron chi connectivity index (χ0n) is 15.8. The van der Waals surface area contributed by atoms with E-state index >= 15 is 0 Å². The van der Waals surface area contributed by atoms with E-state index < -0.39 is 0 Å². The van der Waals surface area contributed by atoms with Crippen molar-refractivity contribution in [2.24, 2.45) is 0 Å². The van der Waals surface area contributed by atoms with Crippen molar-refractivity contribution in [1.82, 2.24) is 19.9 Å². The van der Waals surface area contributed by atoms with Crippen molar-refractivity contribution >= 4 is 11.6 Å². The van der Waals surface area contributed by atoms with Crippen LogP contribution in [-0.4, -0.2) is 27.0 Å². The van der Waals surface area contributed by atoms with Gasteiger partial charge in [0.25, 0.3) is 5.91 Å². The normalized spacial score (nSPS) is 15.6. The number of aromatic nitrogens is 3. The minimum Gasteiger partial charge on any atom is -0.351 e. The summed E-state index contributed by atoms with van der Waals surface area (Å²) in [4.78, 5) is 17.3. The Balaban J connectivity index is 1.53. The summed E-state index contributed by atoms with van der Waals surface area (Å²) < 4.78 is 1.89. The maximum atomic E-state index is 12.7. The van der Waals surface area contributed by atoms with Gasteiger partial charge in [-0.05, 0) is 42.7 Å². The average Bonchev–Trinajstić information content (AvgIpc) is 3.11. The van der Waals surface area contributed by atoms with Gasteiger partial charge in [0.2, 0.25) is 0 Å². The van der Waals surface area contributed by atoms with Crippen molar-refractivity contribution in [3.63, 3.8) is 0 Å². The van der Waals surface area contributed by atoms with Crippen molar-refractivity contribution in [3.05, 3.63) is 65.1 Å². The lowest BCUT2D eigenvalue weighted by molar-refractivity contribution is 0.0953. The summed E-state index contributed by atoms with van der Waals surface area (Å²) in [6, 6.07) is 10.2. The third-order valence-electron chi connectivity index (χ3n) is 5.50. The van der Waals surface area contributed by atoms with Gasteiger partial charge in [0, 0.05) is 18.4 Å². The predicted octanol–water partition coefficient (Wildman–Crippen LogP) is 3.92. The van der Waals surface area contributed by atoms with Gasteiger partial charge >= 0.3 is 0 Å². The monoisotopic (exact) mass is 362 g/mol. The lowest BCUT2D eigenvalue weighted by Crippen LogP contribution is -2.27. The van der Waals surface area contributed by atoms with Gasteiger partial charge in [0.15, 0.2) is 5.65 Å². The van der Waals surface area contributed by atoms with Gasteiger partial charge < -0.3 is 5.32 Å². The Morgan fingerprint density at radius 3 is 2.70 bits per heavy atom. The highest BCUT2D eigenvalue weighted by molar-refractivity contribution is 5.99. The molecule has 0 saturated heterocycles. The molecule has 0 fully saturated rings. The standard InChI is InChI=1S/C22H26N4O/c1-16(17-9-6-4-7-10-17)13-24-22(27)19-15-25-26-20-12-8-3-2-5-11-18(20)14-23-21(19)26/h4,6-7,9-10,14-16H,2-3,5,8,11-13H2,1H3,(H,24,27)/t16-/m0/s1. The second-order valence-corrected chi connectivity index (χ2v) is 7.46. The Morgan fingerprint density at radius 2 is 1.89 bits per heavy atom. The van der Waals surface area contributed by atoms with Gasteiger partial charge in [-0.2, -0.15) is 5.10 Å². The number of fused-ring (bicyclic) bond motifs is 3. The van der Waals surface area contributed by atoms with Gasteiger partial charge in [-0.1, -0.05) is 50.1 Å². The molecule has 2 aromatic heterocycles. The van der Waals surface area contributed by atoms with E-state index in [4.69, 9.17) is 0 Å². The number of nitrogens with one attached hydrogen (secondary N) is 1. The zero-order valence-corrected chi connectivity index (χ0v) is 15.8. The maximum absolute atomic E-state index is 12.7. The number of carbonyl (C=O) groups is 1. The second-order valence-electron chi connectivity index (χ2n) is 7.46. The van der Waals surface area contributed by atoms with E-state index in [1.807, 2.05) is 28.9 Å². The van der Waals surface area contributed by atoms with Crippen molar-refractivity contribution in [2.45, 2.75) is 51.4 Å². The van der Waals surface area contributed by atoms with E-state index in [1.165, 1.54) is 42.5 Å². The Hall–Kier alpha value is -2.69. The zero-order chi connectivity index (χ0) is 18.6. The third-order valence-corrected chi connectivity index (χ3v) is 5.50. The lowest BCUT2D eigenvalue weighted by atomic mass is 9.98. The van der Waals surface area contributed by atoms with Crippen molar-refractivity contribution in [2.75, 3.05) is 6.54 Å². The van der Waals surface area contributed by atoms with Crippen LogP contribution in [0.1, 0.15) is 65.7 Å². The van der Waals surface area contributed by atoms with E-state index in [-0.39, 0.29) is 11.8 Å². The smallest absolute Gasteiger partial charge is 0.256 e. The summed E-state index contributed by atoms with van der Waals surface area (Å²) in [7, 11) is 0. The SMILES string of the molecule is C[C@@H](CNC(=O)c1cnn2c3c(cnc12)CCCCCC3)c1ccccc1. The molecule has 0 unspecified atom stereocenters. The summed E-state index contributed by atoms with van der Waals surface area (Å²) in [5.74, 6) is 0.149. The van der Waals surface area contributed by atoms with Crippen LogP contribution in [0.25, 0.3) is 5.65 Å². The molecule has 5 heteroatoms. The van der Waals surface area contributed by atoms with E-state index in [2.05, 4.69) is 34.5 Å². The Bertz CT molecular complexity index is 932. The van der Waals surface area contributed by atoms with Crippen LogP contribution in [0.5, 0.6) is 0 Å². The van der Waals surface area contributed by atoms with E-state index in [0.29, 0.717) is 17.8 Å². The molecule has 4 rings (SSSR count). The topological polar surface area (TPSA) is 59.3 Å². The summed E-state index contributed by atoms with van der Waals surface area (Å²) in [6.45, 7) is 2.71. The third kappa shape index (κ3) is 3.72. The molecule has 1 amide bonds. The molecule has 0 spiro atoms. The number of carbonyl (C=O) groups excluding carboxylic acids is 1. The van der Waals surface area contributed by atoms with Crippen LogP contribution in [0.15, 0.2) is 42.7 Å². The quantitative estimate of drug-likeness (QED) is 0.765. The fourth-order valence-electron chi connectivity index (χ4n) is 3.85. The molecule has 0 radical (unpaired) electrons. The first kappa shape index (κ1) is 17.7. The van der Waals surface area contributed by atoms with E-state index in [9.17, 15) is 4.79 Å². The fourth-order valence-corrected chi connectivity index (χ4v) is 3.85. The number of amides is 1. The van der Waals surface area contributed by atoms with Crippen LogP contribution in [-0.2, 0) is 12.8 Å². The molecule has 1 aliphatic carbocycles. The molecule has 1 N–H and O–H groups in total. The summed E-state index contributed by atoms with van der Waals surface area (Å²) >= 11 is 0. The lowest BCUT2D eigenvalue weighted by Gasteiger charge is -2.15. The number of hydrogen-bond donors (Lipinski definition) is 1. The minimum atomic E-state index is -0.105. The first-order valence-electron chi connectivity index (χ1n) is 9.91. The Labute approximate surface area is 159 Å². The number of rotatable bonds is 4. The summed E-state index contributed by atoms with van der Waals surface area (Å²) in [6.07, 6.45) is 10.6. The molecule has 0 aliphatic heterocycles. The first-order valence-corrected chi connectivity index (χ1v) is 9.91. The maximum Gasteiger partial charge on any atom is 0.256 e. The molecule has 0 saturated carbocycles. The number of benzene rings is 1. The van der Waals surface area contributed by atoms with Gasteiger partial charge in [0.05, 0.1) is 6.20 Å². The molecule has 1 aliphatic rings. The Kier molecular flexibility index (Phi) is 5.19. The van der Waals surface area contributed by atoms with Crippen LogP contribution in [0.2, 0.25) is 0 Å². The van der Waals surface area contributed by atoms with Crippen LogP contribution >= 0.6 is 0 Å². The molecule has 27 heavy (non-hydrogen) atoms. The van der Waals surface area contributed by atoms with E-state index in [0.717, 1.165) is 12.8 Å². The largest absolute Gasteiger partial charge is 0.351 e. The van der Waals surface area contributed by atoms with Crippen molar-refractivity contribution < 1.29 is 4.79 Å². The van der Waals surface area contributed by atoms with Gasteiger partial charge in [-0.25, -0.2) is 9.50 Å². The van der Waals surface area contributed by atoms with Crippen LogP contribution in [0, 0.1) is 0 Å². The van der Waals surface area contributed by atoms with Gasteiger partial charge in [-0.3, -0.25) is 4.79 Å². The Morgan fingerprint density at radius 1 is 1.11 bits per heavy atom. The molecule has 1 atom stereocenters. The first-order chi connectivity index (χ1) is 13.2. The van der Waals surface area contributed by atoms with Crippen LogP contribution < -0.4 is 5.32 Å². The highest BCUT2D eigenvalue weighted by Gasteiger charge is 2.19. The number of hydrogen-bond acceptors (Lipinski definition) is 3. The molecule has 5 nitrogen and oxygen atoms in total. The molecule has 2 heterocycles. The van der Waals surface area contributed by atoms with Gasteiger partial charge in [0.1, 0.15) is 5.56 Å². The summed E-state index contributed by atoms with van der Waals surface area (Å²) in [5, 5.41) is 7.55. The molecule has 0 bridgehead atoms. The average molecular weight is 362 g/mol. The number of nitrogens with zero attached hydrogens (tertiary/aromatic N) is 3. The highest BCUT2D eigenvalue weighted by Crippen LogP contribution is 2.22. The van der Waals surface area contributed by atoms with E-state index in [1.54, 1.807) is 6.20 Å². The van der Waals surface area contributed by atoms with Crippen molar-refractivity contribution in [3.8, 4) is 0 Å². The molecular weight excluding hydrogens is 336 g/mol. The predicted molar refractivity (Wildman–Crippen MR) is 106 cm³/mol. The highest BCUT2D eigenvalue weighted by atomic mass is 16.1. The second kappa shape index (κ2) is 7.91. The number of aryl methyl sites for hydroxylation is 2.